The Hall–Kier alpha value is -1.01. The number of aromatic nitrogens is 2. The maximum atomic E-state index is 12.4. The molecule has 0 saturated carbocycles. The zero-order valence-electron chi connectivity index (χ0n) is 11.5. The minimum absolute atomic E-state index is 0.0166. The van der Waals surface area contributed by atoms with Gasteiger partial charge in [-0.1, -0.05) is 6.92 Å². The molecule has 0 unspecified atom stereocenters. The topological polar surface area (TPSA) is 58.4 Å². The van der Waals surface area contributed by atoms with E-state index in [9.17, 15) is 4.79 Å². The second-order valence-electron chi connectivity index (χ2n) is 5.11. The fourth-order valence-corrected chi connectivity index (χ4v) is 3.40. The maximum absolute atomic E-state index is 12.4. The number of thioether (sulfide) groups is 1. The standard InChI is InChI=1S/C13H21N3O2S/c1-10(8-17)9-19-12-4-3-5-16(13(12)18)11-6-14-15(2)7-11/h6-7,10,12,17H,3-5,8-9H2,1-2H3/t10-,12+/m0/s1. The third-order valence-corrected chi connectivity index (χ3v) is 4.89. The second kappa shape index (κ2) is 6.43. The smallest absolute Gasteiger partial charge is 0.240 e. The number of aliphatic hydroxyl groups is 1. The van der Waals surface area contributed by atoms with Gasteiger partial charge < -0.3 is 10.0 Å². The largest absolute Gasteiger partial charge is 0.396 e. The molecule has 0 spiro atoms. The molecule has 6 heteroatoms. The van der Waals surface area contributed by atoms with Crippen molar-refractivity contribution in [2.24, 2.45) is 13.0 Å². The van der Waals surface area contributed by atoms with Crippen molar-refractivity contribution in [3.63, 3.8) is 0 Å². The van der Waals surface area contributed by atoms with E-state index >= 15 is 0 Å². The lowest BCUT2D eigenvalue weighted by Gasteiger charge is -2.31. The molecule has 1 aliphatic rings. The van der Waals surface area contributed by atoms with Crippen LogP contribution in [0.25, 0.3) is 0 Å². The summed E-state index contributed by atoms with van der Waals surface area (Å²) in [5.41, 5.74) is 0.882. The van der Waals surface area contributed by atoms with Crippen LogP contribution in [-0.2, 0) is 11.8 Å². The Morgan fingerprint density at radius 1 is 1.63 bits per heavy atom. The summed E-state index contributed by atoms with van der Waals surface area (Å²) in [5, 5.41) is 13.2. The van der Waals surface area contributed by atoms with Gasteiger partial charge in [0.1, 0.15) is 0 Å². The molecule has 2 atom stereocenters. The van der Waals surface area contributed by atoms with E-state index in [2.05, 4.69) is 5.10 Å². The van der Waals surface area contributed by atoms with Crippen LogP contribution in [0.1, 0.15) is 19.8 Å². The third-order valence-electron chi connectivity index (χ3n) is 3.29. The average molecular weight is 283 g/mol. The van der Waals surface area contributed by atoms with Gasteiger partial charge in [0.05, 0.1) is 17.1 Å². The number of carbonyl (C=O) groups excluding carboxylic acids is 1. The van der Waals surface area contributed by atoms with Gasteiger partial charge in [0.25, 0.3) is 0 Å². The van der Waals surface area contributed by atoms with Crippen LogP contribution in [-0.4, -0.2) is 44.9 Å². The molecule has 0 aromatic carbocycles. The van der Waals surface area contributed by atoms with E-state index in [1.165, 1.54) is 0 Å². The molecule has 2 heterocycles. The van der Waals surface area contributed by atoms with Gasteiger partial charge in [0, 0.05) is 26.4 Å². The second-order valence-corrected chi connectivity index (χ2v) is 6.35. The summed E-state index contributed by atoms with van der Waals surface area (Å²) in [4.78, 5) is 14.3. The van der Waals surface area contributed by atoms with E-state index in [1.54, 1.807) is 22.6 Å². The predicted molar refractivity (Wildman–Crippen MR) is 77.3 cm³/mol. The van der Waals surface area contributed by atoms with Crippen LogP contribution in [0.4, 0.5) is 5.69 Å². The summed E-state index contributed by atoms with van der Waals surface area (Å²) in [6, 6.07) is 0. The molecule has 1 aliphatic heterocycles. The highest BCUT2D eigenvalue weighted by atomic mass is 32.2. The molecule has 1 amide bonds. The van der Waals surface area contributed by atoms with Gasteiger partial charge >= 0.3 is 0 Å². The van der Waals surface area contributed by atoms with Gasteiger partial charge in [0.2, 0.25) is 5.91 Å². The molecule has 0 radical (unpaired) electrons. The number of piperidine rings is 1. The molecule has 1 aromatic heterocycles. The molecular formula is C13H21N3O2S. The van der Waals surface area contributed by atoms with Crippen molar-refractivity contribution >= 4 is 23.4 Å². The molecule has 1 N–H and O–H groups in total. The molecule has 5 nitrogen and oxygen atoms in total. The van der Waals surface area contributed by atoms with Crippen molar-refractivity contribution in [2.75, 3.05) is 23.8 Å². The molecular weight excluding hydrogens is 262 g/mol. The monoisotopic (exact) mass is 283 g/mol. The number of hydrogen-bond acceptors (Lipinski definition) is 4. The SMILES string of the molecule is C[C@@H](CO)CS[C@@H]1CCCN(c2cnn(C)c2)C1=O. The van der Waals surface area contributed by atoms with Crippen molar-refractivity contribution in [2.45, 2.75) is 25.0 Å². The Morgan fingerprint density at radius 2 is 2.42 bits per heavy atom. The maximum Gasteiger partial charge on any atom is 0.240 e. The first-order valence-electron chi connectivity index (χ1n) is 6.64. The summed E-state index contributed by atoms with van der Waals surface area (Å²) in [5.74, 6) is 1.24. The summed E-state index contributed by atoms with van der Waals surface area (Å²) >= 11 is 1.66. The van der Waals surface area contributed by atoms with Crippen LogP contribution < -0.4 is 4.90 Å². The number of hydrogen-bond donors (Lipinski definition) is 1. The van der Waals surface area contributed by atoms with Gasteiger partial charge in [-0.05, 0) is 24.5 Å². The quantitative estimate of drug-likeness (QED) is 0.884. The first kappa shape index (κ1) is 14.4. The lowest BCUT2D eigenvalue weighted by atomic mass is 10.1. The normalized spacial score (nSPS) is 21.7. The predicted octanol–water partition coefficient (Wildman–Crippen LogP) is 1.28. The molecule has 19 heavy (non-hydrogen) atoms. The van der Waals surface area contributed by atoms with Crippen LogP contribution in [0.5, 0.6) is 0 Å². The fraction of sp³-hybridized carbons (Fsp3) is 0.692. The van der Waals surface area contributed by atoms with E-state index in [4.69, 9.17) is 5.11 Å². The Balaban J connectivity index is 1.98. The number of aliphatic hydroxyl groups excluding tert-OH is 1. The summed E-state index contributed by atoms with van der Waals surface area (Å²) < 4.78 is 1.72. The number of nitrogens with zero attached hydrogens (tertiary/aromatic N) is 3. The van der Waals surface area contributed by atoms with Gasteiger partial charge in [0.15, 0.2) is 0 Å². The third kappa shape index (κ3) is 3.51. The number of rotatable bonds is 5. The van der Waals surface area contributed by atoms with E-state index < -0.39 is 0 Å². The number of amides is 1. The zero-order chi connectivity index (χ0) is 13.8. The summed E-state index contributed by atoms with van der Waals surface area (Å²) in [6.45, 7) is 2.95. The molecule has 106 valence electrons. The van der Waals surface area contributed by atoms with Gasteiger partial charge in [-0.15, -0.1) is 11.8 Å². The van der Waals surface area contributed by atoms with Crippen LogP contribution in [0.15, 0.2) is 12.4 Å². The molecule has 1 aromatic rings. The van der Waals surface area contributed by atoms with E-state index in [-0.39, 0.29) is 23.7 Å². The molecule has 0 aliphatic carbocycles. The van der Waals surface area contributed by atoms with E-state index in [0.29, 0.717) is 0 Å². The number of carbonyl (C=O) groups is 1. The van der Waals surface area contributed by atoms with Crippen molar-refractivity contribution in [1.29, 1.82) is 0 Å². The number of aryl methyl sites for hydroxylation is 1. The highest BCUT2D eigenvalue weighted by molar-refractivity contribution is 8.00. The lowest BCUT2D eigenvalue weighted by molar-refractivity contribution is -0.119. The average Bonchev–Trinajstić information content (AvgIpc) is 2.83. The Morgan fingerprint density at radius 3 is 3.05 bits per heavy atom. The highest BCUT2D eigenvalue weighted by Crippen LogP contribution is 2.28. The lowest BCUT2D eigenvalue weighted by Crippen LogP contribution is -2.43. The Kier molecular flexibility index (Phi) is 4.87. The van der Waals surface area contributed by atoms with Crippen LogP contribution >= 0.6 is 11.8 Å². The summed E-state index contributed by atoms with van der Waals surface area (Å²) in [7, 11) is 1.85. The minimum Gasteiger partial charge on any atom is -0.396 e. The van der Waals surface area contributed by atoms with Gasteiger partial charge in [-0.3, -0.25) is 9.48 Å². The molecule has 0 bridgehead atoms. The van der Waals surface area contributed by atoms with Crippen molar-refractivity contribution in [3.05, 3.63) is 12.4 Å². The molecule has 1 saturated heterocycles. The van der Waals surface area contributed by atoms with Crippen LogP contribution in [0.2, 0.25) is 0 Å². The Bertz CT molecular complexity index is 435. The Labute approximate surface area is 118 Å². The van der Waals surface area contributed by atoms with Gasteiger partial charge in [-0.25, -0.2) is 0 Å². The van der Waals surface area contributed by atoms with E-state index in [1.807, 2.05) is 25.1 Å². The van der Waals surface area contributed by atoms with Crippen molar-refractivity contribution in [1.82, 2.24) is 9.78 Å². The highest BCUT2D eigenvalue weighted by Gasteiger charge is 2.30. The zero-order valence-corrected chi connectivity index (χ0v) is 12.3. The minimum atomic E-state index is 0.0166. The van der Waals surface area contributed by atoms with Crippen molar-refractivity contribution in [3.8, 4) is 0 Å². The van der Waals surface area contributed by atoms with Crippen molar-refractivity contribution < 1.29 is 9.90 Å². The molecule has 2 rings (SSSR count). The van der Waals surface area contributed by atoms with E-state index in [0.717, 1.165) is 30.8 Å². The summed E-state index contributed by atoms with van der Waals surface area (Å²) in [6.07, 6.45) is 5.56. The van der Waals surface area contributed by atoms with Gasteiger partial charge in [-0.2, -0.15) is 5.10 Å². The van der Waals surface area contributed by atoms with Crippen LogP contribution in [0, 0.1) is 5.92 Å². The van der Waals surface area contributed by atoms with Crippen LogP contribution in [0.3, 0.4) is 0 Å². The first-order chi connectivity index (χ1) is 9.11. The molecule has 1 fully saturated rings. The fourth-order valence-electron chi connectivity index (χ4n) is 2.13. The number of anilines is 1. The first-order valence-corrected chi connectivity index (χ1v) is 7.69.